The molecule has 39 heavy (non-hydrogen) atoms. The summed E-state index contributed by atoms with van der Waals surface area (Å²) < 4.78 is 87.7. The third-order valence-corrected chi connectivity index (χ3v) is 6.65. The first-order valence-corrected chi connectivity index (χ1v) is 11.6. The number of nitrogens with zero attached hydrogens (tertiary/aromatic N) is 3. The molecule has 4 rings (SSSR count). The molecule has 0 N–H and O–H groups in total. The first-order valence-electron chi connectivity index (χ1n) is 11.3. The Kier molecular flexibility index (Phi) is 6.83. The summed E-state index contributed by atoms with van der Waals surface area (Å²) in [7, 11) is 1.15. The van der Waals surface area contributed by atoms with E-state index in [1.807, 2.05) is 6.07 Å². The van der Waals surface area contributed by atoms with Gasteiger partial charge in [-0.3, -0.25) is 4.79 Å². The van der Waals surface area contributed by atoms with E-state index in [1.54, 1.807) is 0 Å². The monoisotopic (exact) mass is 573 g/mol. The standard InChI is InChI=1S/C25H18ClF6N3O4/c1-13-7-14(3-4-18(13)20(36)35(2)21(37)38-22(12-33)5-6-22)19-11-23(39-34-19,25(30,31)32)15-8-16(24(27,28)29)10-17(26)9-15/h3-4,7-10H,5-6,11H2,1-2H3. The third-order valence-electron chi connectivity index (χ3n) is 6.44. The summed E-state index contributed by atoms with van der Waals surface area (Å²) in [5, 5.41) is 12.0. The van der Waals surface area contributed by atoms with Gasteiger partial charge in [-0.2, -0.15) is 31.6 Å². The highest BCUT2D eigenvalue weighted by Crippen LogP contribution is 2.50. The maximum atomic E-state index is 14.3. The molecule has 1 aliphatic carbocycles. The predicted molar refractivity (Wildman–Crippen MR) is 124 cm³/mol. The summed E-state index contributed by atoms with van der Waals surface area (Å²) >= 11 is 5.72. The van der Waals surface area contributed by atoms with Crippen LogP contribution in [0.1, 0.15) is 51.9 Å². The van der Waals surface area contributed by atoms with Crippen molar-refractivity contribution in [1.29, 1.82) is 5.26 Å². The Morgan fingerprint density at radius 3 is 2.33 bits per heavy atom. The van der Waals surface area contributed by atoms with Crippen LogP contribution in [0.2, 0.25) is 5.02 Å². The van der Waals surface area contributed by atoms with Gasteiger partial charge in [0, 0.05) is 42.5 Å². The molecule has 1 aliphatic heterocycles. The summed E-state index contributed by atoms with van der Waals surface area (Å²) in [4.78, 5) is 30.6. The summed E-state index contributed by atoms with van der Waals surface area (Å²) in [6.45, 7) is 1.47. The number of halogens is 7. The fourth-order valence-corrected chi connectivity index (χ4v) is 4.21. The zero-order chi connectivity index (χ0) is 29.0. The van der Waals surface area contributed by atoms with Gasteiger partial charge < -0.3 is 9.57 Å². The summed E-state index contributed by atoms with van der Waals surface area (Å²) in [5.74, 6) is -0.786. The lowest BCUT2D eigenvalue weighted by atomic mass is 9.85. The average Bonchev–Trinajstić information content (AvgIpc) is 3.46. The van der Waals surface area contributed by atoms with Crippen molar-refractivity contribution in [2.45, 2.75) is 49.7 Å². The quantitative estimate of drug-likeness (QED) is 0.389. The second-order valence-electron chi connectivity index (χ2n) is 9.23. The number of oxime groups is 1. The van der Waals surface area contributed by atoms with Crippen LogP contribution in [-0.4, -0.2) is 41.4 Å². The van der Waals surface area contributed by atoms with Crippen molar-refractivity contribution < 1.29 is 45.5 Å². The molecule has 0 saturated heterocycles. The van der Waals surface area contributed by atoms with Gasteiger partial charge in [-0.05, 0) is 48.4 Å². The summed E-state index contributed by atoms with van der Waals surface area (Å²) in [6, 6.07) is 7.27. The van der Waals surface area contributed by atoms with Crippen LogP contribution in [0.25, 0.3) is 0 Å². The first kappa shape index (κ1) is 28.2. The number of hydrogen-bond donors (Lipinski definition) is 0. The minimum atomic E-state index is -5.18. The summed E-state index contributed by atoms with van der Waals surface area (Å²) in [6.07, 6.45) is -11.4. The number of carbonyl (C=O) groups is 2. The largest absolute Gasteiger partial charge is 0.435 e. The van der Waals surface area contributed by atoms with Gasteiger partial charge in [0.25, 0.3) is 11.5 Å². The van der Waals surface area contributed by atoms with Crippen molar-refractivity contribution in [3.8, 4) is 6.07 Å². The van der Waals surface area contributed by atoms with E-state index in [0.29, 0.717) is 29.9 Å². The Bertz CT molecular complexity index is 1430. The molecule has 206 valence electrons. The van der Waals surface area contributed by atoms with E-state index in [0.717, 1.165) is 13.1 Å². The lowest BCUT2D eigenvalue weighted by molar-refractivity contribution is -0.276. The van der Waals surface area contributed by atoms with Crippen LogP contribution < -0.4 is 0 Å². The Morgan fingerprint density at radius 1 is 1.13 bits per heavy atom. The number of ether oxygens (including phenoxy) is 1. The van der Waals surface area contributed by atoms with Crippen LogP contribution >= 0.6 is 11.6 Å². The number of nitriles is 1. The van der Waals surface area contributed by atoms with Crippen molar-refractivity contribution in [2.24, 2.45) is 5.16 Å². The maximum absolute atomic E-state index is 14.3. The number of carbonyl (C=O) groups excluding carboxylic acids is 2. The normalized spacial score (nSPS) is 19.9. The van der Waals surface area contributed by atoms with E-state index in [2.05, 4.69) is 5.16 Å². The van der Waals surface area contributed by atoms with E-state index in [-0.39, 0.29) is 22.4 Å². The Morgan fingerprint density at radius 2 is 1.79 bits per heavy atom. The minimum absolute atomic E-state index is 0.0197. The van der Waals surface area contributed by atoms with Crippen molar-refractivity contribution in [3.05, 3.63) is 69.2 Å². The zero-order valence-corrected chi connectivity index (χ0v) is 21.0. The highest BCUT2D eigenvalue weighted by Gasteiger charge is 2.62. The highest BCUT2D eigenvalue weighted by molar-refractivity contribution is 6.30. The smallest absolute Gasteiger partial charge is 0.427 e. The minimum Gasteiger partial charge on any atom is -0.427 e. The summed E-state index contributed by atoms with van der Waals surface area (Å²) in [5.41, 5.74) is -6.59. The SMILES string of the molecule is Cc1cc(C2=NOC(c3cc(Cl)cc(C(F)(F)F)c3)(C(F)(F)F)C2)ccc1C(=O)N(C)C(=O)OC1(C#N)CC1. The van der Waals surface area contributed by atoms with Crippen molar-refractivity contribution >= 4 is 29.3 Å². The molecule has 1 atom stereocenters. The number of aryl methyl sites for hydroxylation is 1. The first-order chi connectivity index (χ1) is 18.0. The molecule has 2 aromatic rings. The van der Waals surface area contributed by atoms with Gasteiger partial charge >= 0.3 is 18.4 Å². The molecule has 2 amide bonds. The topological polar surface area (TPSA) is 92.0 Å². The molecular weight excluding hydrogens is 556 g/mol. The Balaban J connectivity index is 1.60. The number of imide groups is 1. The molecule has 2 aromatic carbocycles. The van der Waals surface area contributed by atoms with Gasteiger partial charge in [-0.15, -0.1) is 0 Å². The molecule has 0 spiro atoms. The molecule has 0 aromatic heterocycles. The average molecular weight is 574 g/mol. The van der Waals surface area contributed by atoms with Gasteiger partial charge in [0.1, 0.15) is 6.07 Å². The van der Waals surface area contributed by atoms with Gasteiger partial charge in [-0.25, -0.2) is 9.69 Å². The van der Waals surface area contributed by atoms with E-state index >= 15 is 0 Å². The second-order valence-corrected chi connectivity index (χ2v) is 9.66. The highest BCUT2D eigenvalue weighted by atomic mass is 35.5. The molecule has 0 bridgehead atoms. The second kappa shape index (κ2) is 9.44. The lowest BCUT2D eigenvalue weighted by Crippen LogP contribution is -2.43. The number of rotatable bonds is 4. The van der Waals surface area contributed by atoms with Crippen LogP contribution in [0, 0.1) is 18.3 Å². The fourth-order valence-electron chi connectivity index (χ4n) is 3.98. The fraction of sp³-hybridized carbons (Fsp3) is 0.360. The lowest BCUT2D eigenvalue weighted by Gasteiger charge is -2.30. The molecule has 1 unspecified atom stereocenters. The van der Waals surface area contributed by atoms with E-state index in [4.69, 9.17) is 26.4 Å². The van der Waals surface area contributed by atoms with Crippen molar-refractivity contribution in [1.82, 2.24) is 4.90 Å². The number of hydrogen-bond acceptors (Lipinski definition) is 6. The number of alkyl halides is 6. The molecular formula is C25H18ClF6N3O4. The van der Waals surface area contributed by atoms with Gasteiger partial charge in [0.15, 0.2) is 5.60 Å². The molecule has 2 aliphatic rings. The Hall–Kier alpha value is -3.79. The Labute approximate surface area is 222 Å². The van der Waals surface area contributed by atoms with Crippen LogP contribution in [0.5, 0.6) is 0 Å². The van der Waals surface area contributed by atoms with Crippen LogP contribution in [-0.2, 0) is 21.4 Å². The maximum Gasteiger partial charge on any atom is 0.435 e. The van der Waals surface area contributed by atoms with Gasteiger partial charge in [0.05, 0.1) is 11.3 Å². The van der Waals surface area contributed by atoms with Crippen LogP contribution in [0.4, 0.5) is 31.1 Å². The number of amides is 2. The van der Waals surface area contributed by atoms with E-state index in [9.17, 15) is 35.9 Å². The molecule has 1 fully saturated rings. The van der Waals surface area contributed by atoms with Crippen molar-refractivity contribution in [2.75, 3.05) is 7.05 Å². The number of benzene rings is 2. The molecule has 7 nitrogen and oxygen atoms in total. The zero-order valence-electron chi connectivity index (χ0n) is 20.2. The van der Waals surface area contributed by atoms with Crippen LogP contribution in [0.3, 0.4) is 0 Å². The van der Waals surface area contributed by atoms with E-state index < -0.39 is 58.1 Å². The molecule has 0 radical (unpaired) electrons. The molecule has 1 heterocycles. The predicted octanol–water partition coefficient (Wildman–Crippen LogP) is 6.51. The third kappa shape index (κ3) is 5.25. The molecule has 1 saturated carbocycles. The van der Waals surface area contributed by atoms with Gasteiger partial charge in [0.2, 0.25) is 0 Å². The van der Waals surface area contributed by atoms with Crippen molar-refractivity contribution in [3.63, 3.8) is 0 Å². The van der Waals surface area contributed by atoms with Gasteiger partial charge in [-0.1, -0.05) is 22.8 Å². The molecule has 14 heteroatoms. The van der Waals surface area contributed by atoms with Crippen LogP contribution in [0.15, 0.2) is 41.6 Å². The van der Waals surface area contributed by atoms with E-state index in [1.165, 1.54) is 25.1 Å².